The van der Waals surface area contributed by atoms with E-state index >= 15 is 0 Å². The number of nitrogens with two attached hydrogens (primary N) is 1. The summed E-state index contributed by atoms with van der Waals surface area (Å²) in [6.07, 6.45) is 0. The Labute approximate surface area is 115 Å². The molecule has 104 valence electrons. The van der Waals surface area contributed by atoms with Gasteiger partial charge in [0.25, 0.3) is 0 Å². The fourth-order valence-corrected chi connectivity index (χ4v) is 1.81. The maximum Gasteiger partial charge on any atom is 0.337 e. The molecule has 19 heavy (non-hydrogen) atoms. The molecule has 0 saturated heterocycles. The number of hydrogen-bond acceptors (Lipinski definition) is 4. The first kappa shape index (κ1) is 15.1. The minimum absolute atomic E-state index is 0.00938. The quantitative estimate of drug-likeness (QED) is 0.615. The second-order valence-corrected chi connectivity index (χ2v) is 4.71. The van der Waals surface area contributed by atoms with Gasteiger partial charge in [0.15, 0.2) is 0 Å². The minimum atomic E-state index is -1.17. The Hall–Kier alpha value is -1.95. The molecule has 0 radical (unpaired) electrons. The van der Waals surface area contributed by atoms with Crippen LogP contribution in [0.2, 0.25) is 5.02 Å². The van der Waals surface area contributed by atoms with Crippen LogP contribution < -0.4 is 16.4 Å². The molecule has 0 heterocycles. The lowest BCUT2D eigenvalue weighted by molar-refractivity contribution is -0.119. The van der Waals surface area contributed by atoms with Crippen LogP contribution in [0.25, 0.3) is 0 Å². The predicted octanol–water partition coefficient (Wildman–Crippen LogP) is 1.56. The summed E-state index contributed by atoms with van der Waals surface area (Å²) >= 11 is 5.93. The van der Waals surface area contributed by atoms with Gasteiger partial charge in [-0.05, 0) is 26.0 Å². The normalized spacial score (nSPS) is 10.3. The number of nitrogen functional groups attached to an aromatic ring is 1. The molecular weight excluding hydrogens is 270 g/mol. The lowest BCUT2D eigenvalue weighted by atomic mass is 10.1. The van der Waals surface area contributed by atoms with Crippen LogP contribution in [0.1, 0.15) is 24.2 Å². The van der Waals surface area contributed by atoms with Crippen LogP contribution in [0, 0.1) is 0 Å². The molecule has 0 aliphatic carbocycles. The summed E-state index contributed by atoms with van der Waals surface area (Å²) in [5, 5.41) is 14.6. The third-order valence-corrected chi connectivity index (χ3v) is 2.52. The maximum absolute atomic E-state index is 11.5. The van der Waals surface area contributed by atoms with Crippen molar-refractivity contribution in [1.29, 1.82) is 0 Å². The summed E-state index contributed by atoms with van der Waals surface area (Å²) in [4.78, 5) is 22.6. The minimum Gasteiger partial charge on any atom is -0.478 e. The Morgan fingerprint density at radius 1 is 1.42 bits per heavy atom. The van der Waals surface area contributed by atoms with Crippen molar-refractivity contribution in [2.75, 3.05) is 17.6 Å². The molecule has 0 unspecified atom stereocenters. The van der Waals surface area contributed by atoms with Crippen molar-refractivity contribution in [3.63, 3.8) is 0 Å². The maximum atomic E-state index is 11.5. The topological polar surface area (TPSA) is 104 Å². The SMILES string of the molecule is CC(C)NC(=O)CNc1c(Cl)cc(N)cc1C(=O)O. The van der Waals surface area contributed by atoms with E-state index in [0.717, 1.165) is 0 Å². The number of aromatic carboxylic acids is 1. The highest BCUT2D eigenvalue weighted by atomic mass is 35.5. The number of hydrogen-bond donors (Lipinski definition) is 4. The van der Waals surface area contributed by atoms with Crippen LogP contribution in [-0.4, -0.2) is 29.6 Å². The Bertz CT molecular complexity index is 503. The molecule has 1 aromatic rings. The van der Waals surface area contributed by atoms with Gasteiger partial charge in [0.2, 0.25) is 5.91 Å². The highest BCUT2D eigenvalue weighted by molar-refractivity contribution is 6.34. The van der Waals surface area contributed by atoms with Gasteiger partial charge in [0.1, 0.15) is 0 Å². The van der Waals surface area contributed by atoms with Crippen molar-refractivity contribution in [2.24, 2.45) is 0 Å². The van der Waals surface area contributed by atoms with Gasteiger partial charge in [-0.25, -0.2) is 4.79 Å². The molecule has 0 aliphatic heterocycles. The van der Waals surface area contributed by atoms with Gasteiger partial charge in [0, 0.05) is 11.7 Å². The van der Waals surface area contributed by atoms with Crippen LogP contribution in [0.5, 0.6) is 0 Å². The van der Waals surface area contributed by atoms with E-state index < -0.39 is 5.97 Å². The van der Waals surface area contributed by atoms with E-state index in [-0.39, 0.29) is 40.5 Å². The molecule has 7 heteroatoms. The summed E-state index contributed by atoms with van der Waals surface area (Å²) < 4.78 is 0. The van der Waals surface area contributed by atoms with Gasteiger partial charge in [-0.15, -0.1) is 0 Å². The zero-order chi connectivity index (χ0) is 14.6. The van der Waals surface area contributed by atoms with Crippen LogP contribution in [0.4, 0.5) is 11.4 Å². The number of carboxylic acid groups (broad SMARTS) is 1. The van der Waals surface area contributed by atoms with Crippen molar-refractivity contribution in [2.45, 2.75) is 19.9 Å². The fraction of sp³-hybridized carbons (Fsp3) is 0.333. The number of benzene rings is 1. The molecule has 0 saturated carbocycles. The number of nitrogens with one attached hydrogen (secondary N) is 2. The first-order valence-electron chi connectivity index (χ1n) is 5.66. The molecule has 5 N–H and O–H groups in total. The van der Waals surface area contributed by atoms with E-state index in [2.05, 4.69) is 10.6 Å². The van der Waals surface area contributed by atoms with Gasteiger partial charge < -0.3 is 21.5 Å². The van der Waals surface area contributed by atoms with Crippen molar-refractivity contribution in [3.8, 4) is 0 Å². The molecule has 0 fully saturated rings. The highest BCUT2D eigenvalue weighted by Crippen LogP contribution is 2.29. The van der Waals surface area contributed by atoms with E-state index in [1.54, 1.807) is 0 Å². The molecule has 0 aromatic heterocycles. The number of amides is 1. The molecule has 0 atom stereocenters. The van der Waals surface area contributed by atoms with Gasteiger partial charge in [-0.1, -0.05) is 11.6 Å². The number of anilines is 2. The number of carbonyl (C=O) groups excluding carboxylic acids is 1. The van der Waals surface area contributed by atoms with Crippen LogP contribution in [-0.2, 0) is 4.79 Å². The molecule has 1 amide bonds. The Morgan fingerprint density at radius 3 is 2.58 bits per heavy atom. The first-order chi connectivity index (χ1) is 8.81. The standard InChI is InChI=1S/C12H16ClN3O3/c1-6(2)16-10(17)5-15-11-8(12(18)19)3-7(14)4-9(11)13/h3-4,6,15H,5,14H2,1-2H3,(H,16,17)(H,18,19). The molecule has 1 rings (SSSR count). The largest absolute Gasteiger partial charge is 0.478 e. The molecule has 6 nitrogen and oxygen atoms in total. The Kier molecular flexibility index (Phi) is 5.00. The summed E-state index contributed by atoms with van der Waals surface area (Å²) in [5.41, 5.74) is 5.90. The van der Waals surface area contributed by atoms with Gasteiger partial charge in [-0.2, -0.15) is 0 Å². The first-order valence-corrected chi connectivity index (χ1v) is 6.04. The van der Waals surface area contributed by atoms with Crippen molar-refractivity contribution < 1.29 is 14.7 Å². The zero-order valence-corrected chi connectivity index (χ0v) is 11.4. The monoisotopic (exact) mass is 285 g/mol. The molecular formula is C12H16ClN3O3. The average Bonchev–Trinajstić information content (AvgIpc) is 2.25. The van der Waals surface area contributed by atoms with Crippen molar-refractivity contribution >= 4 is 34.9 Å². The number of carbonyl (C=O) groups is 2. The van der Waals surface area contributed by atoms with Crippen molar-refractivity contribution in [1.82, 2.24) is 5.32 Å². The van der Waals surface area contributed by atoms with E-state index in [1.807, 2.05) is 13.8 Å². The highest BCUT2D eigenvalue weighted by Gasteiger charge is 2.15. The van der Waals surface area contributed by atoms with Crippen LogP contribution in [0.15, 0.2) is 12.1 Å². The van der Waals surface area contributed by atoms with E-state index in [4.69, 9.17) is 22.4 Å². The second-order valence-electron chi connectivity index (χ2n) is 4.31. The molecule has 0 spiro atoms. The van der Waals surface area contributed by atoms with E-state index in [1.165, 1.54) is 12.1 Å². The van der Waals surface area contributed by atoms with E-state index in [0.29, 0.717) is 0 Å². The second kappa shape index (κ2) is 6.29. The lowest BCUT2D eigenvalue weighted by Gasteiger charge is -2.13. The fourth-order valence-electron chi connectivity index (χ4n) is 1.52. The van der Waals surface area contributed by atoms with Crippen LogP contribution >= 0.6 is 11.6 Å². The third kappa shape index (κ3) is 4.33. The predicted molar refractivity (Wildman–Crippen MR) is 74.6 cm³/mol. The number of rotatable bonds is 5. The smallest absolute Gasteiger partial charge is 0.337 e. The van der Waals surface area contributed by atoms with Crippen LogP contribution in [0.3, 0.4) is 0 Å². The van der Waals surface area contributed by atoms with Crippen molar-refractivity contribution in [3.05, 3.63) is 22.7 Å². The van der Waals surface area contributed by atoms with Gasteiger partial charge in [-0.3, -0.25) is 4.79 Å². The van der Waals surface area contributed by atoms with E-state index in [9.17, 15) is 9.59 Å². The molecule has 1 aromatic carbocycles. The summed E-state index contributed by atoms with van der Waals surface area (Å²) in [5.74, 6) is -1.42. The summed E-state index contributed by atoms with van der Waals surface area (Å²) in [6, 6.07) is 2.73. The summed E-state index contributed by atoms with van der Waals surface area (Å²) in [6.45, 7) is 3.59. The number of halogens is 1. The summed E-state index contributed by atoms with van der Waals surface area (Å²) in [7, 11) is 0. The Morgan fingerprint density at radius 2 is 2.05 bits per heavy atom. The average molecular weight is 286 g/mol. The molecule has 0 aliphatic rings. The third-order valence-electron chi connectivity index (χ3n) is 2.22. The Balaban J connectivity index is 2.89. The van der Waals surface area contributed by atoms with Gasteiger partial charge in [0.05, 0.1) is 22.8 Å². The van der Waals surface area contributed by atoms with Gasteiger partial charge >= 0.3 is 5.97 Å². The lowest BCUT2D eigenvalue weighted by Crippen LogP contribution is -2.35. The zero-order valence-electron chi connectivity index (χ0n) is 10.7. The number of carboxylic acids is 1. The molecule has 0 bridgehead atoms.